The Hall–Kier alpha value is -3.30. The third kappa shape index (κ3) is 3.74. The topological polar surface area (TPSA) is 90.5 Å². The number of amides is 2. The Bertz CT molecular complexity index is 1370. The summed E-state index contributed by atoms with van der Waals surface area (Å²) in [4.78, 5) is 38.9. The molecular weight excluding hydrogens is 448 g/mol. The molecule has 8 nitrogen and oxygen atoms in total. The van der Waals surface area contributed by atoms with Crippen LogP contribution in [0.5, 0.6) is 0 Å². The van der Waals surface area contributed by atoms with Gasteiger partial charge >= 0.3 is 0 Å². The van der Waals surface area contributed by atoms with Crippen LogP contribution < -0.4 is 10.6 Å². The van der Waals surface area contributed by atoms with E-state index in [-0.39, 0.29) is 17.9 Å². The first-order valence-corrected chi connectivity index (χ1v) is 12.5. The van der Waals surface area contributed by atoms with E-state index in [2.05, 4.69) is 27.8 Å². The zero-order valence-electron chi connectivity index (χ0n) is 19.0. The van der Waals surface area contributed by atoms with Crippen LogP contribution in [-0.4, -0.2) is 70.3 Å². The van der Waals surface area contributed by atoms with Gasteiger partial charge in [0.1, 0.15) is 0 Å². The van der Waals surface area contributed by atoms with Crippen molar-refractivity contribution in [1.29, 1.82) is 0 Å². The van der Waals surface area contributed by atoms with Crippen LogP contribution in [0, 0.1) is 0 Å². The molecule has 1 atom stereocenters. The summed E-state index contributed by atoms with van der Waals surface area (Å²) in [6.45, 7) is 5.52. The van der Waals surface area contributed by atoms with Crippen molar-refractivity contribution in [2.24, 2.45) is 0 Å². The Morgan fingerprint density at radius 2 is 2.06 bits per heavy atom. The molecule has 2 aliphatic heterocycles. The molecule has 34 heavy (non-hydrogen) atoms. The molecule has 1 aliphatic carbocycles. The van der Waals surface area contributed by atoms with E-state index in [4.69, 9.17) is 4.98 Å². The number of rotatable bonds is 3. The Kier molecular flexibility index (Phi) is 5.30. The number of nitrogens with zero attached hydrogens (tertiary/aromatic N) is 4. The third-order valence-corrected chi connectivity index (χ3v) is 7.89. The van der Waals surface area contributed by atoms with Gasteiger partial charge in [-0.1, -0.05) is 12.2 Å². The number of aromatic nitrogens is 2. The van der Waals surface area contributed by atoms with Gasteiger partial charge in [0.2, 0.25) is 11.9 Å². The zero-order valence-corrected chi connectivity index (χ0v) is 19.8. The van der Waals surface area contributed by atoms with E-state index < -0.39 is 0 Å². The van der Waals surface area contributed by atoms with E-state index in [0.717, 1.165) is 77.1 Å². The average Bonchev–Trinajstić information content (AvgIpc) is 3.48. The highest BCUT2D eigenvalue weighted by Crippen LogP contribution is 2.34. The molecule has 1 aromatic carbocycles. The maximum absolute atomic E-state index is 13.0. The molecule has 174 valence electrons. The summed E-state index contributed by atoms with van der Waals surface area (Å²) in [5, 5.41) is 8.65. The fourth-order valence-electron chi connectivity index (χ4n) is 5.03. The molecule has 2 aromatic heterocycles. The van der Waals surface area contributed by atoms with E-state index in [1.54, 1.807) is 6.92 Å². The molecule has 1 fully saturated rings. The summed E-state index contributed by atoms with van der Waals surface area (Å²) in [6.07, 6.45) is 7.72. The van der Waals surface area contributed by atoms with Gasteiger partial charge in [0, 0.05) is 73.4 Å². The summed E-state index contributed by atoms with van der Waals surface area (Å²) in [5.41, 5.74) is 3.19. The summed E-state index contributed by atoms with van der Waals surface area (Å²) in [7, 11) is 0. The molecule has 0 spiro atoms. The van der Waals surface area contributed by atoms with Crippen LogP contribution in [-0.2, 0) is 4.79 Å². The number of benzene rings is 1. The molecule has 6 rings (SSSR count). The smallest absolute Gasteiger partial charge is 0.264 e. The quantitative estimate of drug-likeness (QED) is 0.606. The van der Waals surface area contributed by atoms with Crippen molar-refractivity contribution in [3.63, 3.8) is 0 Å². The fraction of sp³-hybridized carbons (Fsp3) is 0.360. The number of thiophene rings is 1. The minimum absolute atomic E-state index is 0.0164. The zero-order chi connectivity index (χ0) is 23.2. The summed E-state index contributed by atoms with van der Waals surface area (Å²) < 4.78 is 1.05. The lowest BCUT2D eigenvalue weighted by molar-refractivity contribution is -0.126. The standard InChI is InChI=1S/C25H26N6O2S/c1-15(32)31-9-6-16-2-4-18(12-20(16)31)28-25-27-14-17-3-5-21-19(23(17)29-25)13-22(34-21)24(33)30-10-7-26-8-11-30/h2-5,13-14,18,26H,6-12H2,1H3,(H,27,28,29). The van der Waals surface area contributed by atoms with E-state index in [9.17, 15) is 9.59 Å². The predicted molar refractivity (Wildman–Crippen MR) is 134 cm³/mol. The molecule has 2 amide bonds. The molecule has 0 saturated carbocycles. The summed E-state index contributed by atoms with van der Waals surface area (Å²) in [6, 6.07) is 6.05. The van der Waals surface area contributed by atoms with Gasteiger partial charge in [0.25, 0.3) is 5.91 Å². The van der Waals surface area contributed by atoms with Gasteiger partial charge in [0.05, 0.1) is 16.4 Å². The van der Waals surface area contributed by atoms with E-state index in [1.165, 1.54) is 16.9 Å². The van der Waals surface area contributed by atoms with Gasteiger partial charge < -0.3 is 20.4 Å². The lowest BCUT2D eigenvalue weighted by atomic mass is 10.00. The van der Waals surface area contributed by atoms with Crippen molar-refractivity contribution >= 4 is 50.1 Å². The summed E-state index contributed by atoms with van der Waals surface area (Å²) >= 11 is 1.52. The van der Waals surface area contributed by atoms with Crippen LogP contribution in [0.1, 0.15) is 29.4 Å². The minimum Gasteiger partial charge on any atom is -0.348 e. The lowest BCUT2D eigenvalue weighted by Gasteiger charge is -2.26. The highest BCUT2D eigenvalue weighted by atomic mass is 32.1. The second-order valence-corrected chi connectivity index (χ2v) is 10.1. The molecule has 3 aromatic rings. The molecule has 1 unspecified atom stereocenters. The number of hydrogen-bond acceptors (Lipinski definition) is 7. The number of fused-ring (bicyclic) bond motifs is 3. The van der Waals surface area contributed by atoms with Crippen LogP contribution in [0.25, 0.3) is 21.0 Å². The lowest BCUT2D eigenvalue weighted by Crippen LogP contribution is -2.46. The van der Waals surface area contributed by atoms with Crippen LogP contribution >= 0.6 is 11.3 Å². The summed E-state index contributed by atoms with van der Waals surface area (Å²) in [5.74, 6) is 0.727. The SMILES string of the molecule is CC(=O)N1CCC2=C1CC(Nc1ncc3ccc4sc(C(=O)N5CCNCC5)cc4c3n1)C=C2. The second-order valence-electron chi connectivity index (χ2n) is 8.97. The first kappa shape index (κ1) is 21.2. The van der Waals surface area contributed by atoms with Crippen molar-refractivity contribution in [1.82, 2.24) is 25.1 Å². The van der Waals surface area contributed by atoms with Crippen LogP contribution in [0.15, 0.2) is 47.8 Å². The third-order valence-electron chi connectivity index (χ3n) is 6.80. The van der Waals surface area contributed by atoms with Crippen molar-refractivity contribution in [3.05, 3.63) is 52.7 Å². The van der Waals surface area contributed by atoms with Crippen molar-refractivity contribution < 1.29 is 9.59 Å². The Morgan fingerprint density at radius 1 is 1.21 bits per heavy atom. The van der Waals surface area contributed by atoms with Crippen LogP contribution in [0.2, 0.25) is 0 Å². The molecule has 3 aliphatic rings. The first-order valence-electron chi connectivity index (χ1n) is 11.7. The van der Waals surface area contributed by atoms with Gasteiger partial charge in [-0.15, -0.1) is 11.3 Å². The van der Waals surface area contributed by atoms with E-state index in [0.29, 0.717) is 5.95 Å². The molecule has 0 radical (unpaired) electrons. The first-order chi connectivity index (χ1) is 16.6. The number of carbonyl (C=O) groups excluding carboxylic acids is 2. The maximum atomic E-state index is 13.0. The van der Waals surface area contributed by atoms with Gasteiger partial charge in [-0.2, -0.15) is 0 Å². The molecule has 0 bridgehead atoms. The maximum Gasteiger partial charge on any atom is 0.264 e. The minimum atomic E-state index is 0.0164. The van der Waals surface area contributed by atoms with Crippen molar-refractivity contribution in [2.45, 2.75) is 25.8 Å². The van der Waals surface area contributed by atoms with Gasteiger partial charge in [0.15, 0.2) is 0 Å². The van der Waals surface area contributed by atoms with Gasteiger partial charge in [-0.3, -0.25) is 9.59 Å². The highest BCUT2D eigenvalue weighted by Gasteiger charge is 2.28. The van der Waals surface area contributed by atoms with Crippen molar-refractivity contribution in [3.8, 4) is 0 Å². The number of nitrogens with one attached hydrogen (secondary N) is 2. The van der Waals surface area contributed by atoms with Gasteiger partial charge in [-0.25, -0.2) is 9.97 Å². The Balaban J connectivity index is 1.27. The van der Waals surface area contributed by atoms with Gasteiger partial charge in [-0.05, 0) is 30.2 Å². The number of anilines is 1. The molecule has 1 saturated heterocycles. The Morgan fingerprint density at radius 3 is 2.88 bits per heavy atom. The van der Waals surface area contributed by atoms with E-state index >= 15 is 0 Å². The van der Waals surface area contributed by atoms with Crippen LogP contribution in [0.3, 0.4) is 0 Å². The number of allylic oxidation sites excluding steroid dienone is 1. The fourth-order valence-corrected chi connectivity index (χ4v) is 6.07. The van der Waals surface area contributed by atoms with Crippen molar-refractivity contribution in [2.75, 3.05) is 38.0 Å². The molecule has 4 heterocycles. The number of hydrogen-bond donors (Lipinski definition) is 2. The second kappa shape index (κ2) is 8.48. The predicted octanol–water partition coefficient (Wildman–Crippen LogP) is 3.14. The number of carbonyl (C=O) groups is 2. The number of piperazine rings is 1. The van der Waals surface area contributed by atoms with E-state index in [1.807, 2.05) is 34.2 Å². The van der Waals surface area contributed by atoms with Crippen LogP contribution in [0.4, 0.5) is 5.95 Å². The molecule has 9 heteroatoms. The highest BCUT2D eigenvalue weighted by molar-refractivity contribution is 7.21. The Labute approximate surface area is 201 Å². The monoisotopic (exact) mass is 474 g/mol. The average molecular weight is 475 g/mol. The normalized spacial score (nSPS) is 20.3. The molecule has 2 N–H and O–H groups in total. The largest absolute Gasteiger partial charge is 0.348 e. The molecular formula is C25H26N6O2S.